The van der Waals surface area contributed by atoms with Crippen molar-refractivity contribution < 1.29 is 142 Å². The normalized spacial score (nSPS) is 11.9. The molecule has 0 atom stereocenters. The number of rotatable bonds is 11. The summed E-state index contributed by atoms with van der Waals surface area (Å²) in [5.41, 5.74) is 0.315. The maximum absolute atomic E-state index is 12.2. The Morgan fingerprint density at radius 3 is 1.63 bits per heavy atom. The van der Waals surface area contributed by atoms with Crippen molar-refractivity contribution in [3.05, 3.63) is 48.6 Å². The van der Waals surface area contributed by atoms with Crippen LogP contribution in [0.3, 0.4) is 0 Å². The average Bonchev–Trinajstić information content (AvgIpc) is 2.84. The number of benzene rings is 4. The van der Waals surface area contributed by atoms with E-state index in [2.05, 4.69) is 11.9 Å². The molecule has 4 aromatic carbocycles. The first-order chi connectivity index (χ1) is 18.5. The van der Waals surface area contributed by atoms with E-state index in [4.69, 9.17) is 9.47 Å². The molecule has 0 heterocycles. The summed E-state index contributed by atoms with van der Waals surface area (Å²) in [7, 11) is -15.7. The molecule has 0 aliphatic rings. The molecule has 214 valence electrons. The molecule has 13 nitrogen and oxygen atoms in total. The Morgan fingerprint density at radius 1 is 0.767 bits per heavy atom. The Hall–Kier alpha value is -0.380. The van der Waals surface area contributed by atoms with E-state index in [9.17, 15) is 43.7 Å². The van der Waals surface area contributed by atoms with Crippen molar-refractivity contribution in [2.75, 3.05) is 25.3 Å². The zero-order valence-electron chi connectivity index (χ0n) is 23.6. The first-order valence-corrected chi connectivity index (χ1v) is 15.5. The molecule has 19 heteroatoms. The number of carbonyl (C=O) groups excluding carboxylic acids is 1. The Morgan fingerprint density at radius 2 is 1.19 bits per heavy atom. The number of anilines is 1. The molecule has 4 rings (SSSR count). The second-order valence-electron chi connectivity index (χ2n) is 8.75. The van der Waals surface area contributed by atoms with Gasteiger partial charge in [-0.15, -0.1) is 0 Å². The van der Waals surface area contributed by atoms with Gasteiger partial charge in [-0.3, -0.25) is 0 Å². The number of nitrogens with one attached hydrogen (secondary N) is 1. The summed E-state index contributed by atoms with van der Waals surface area (Å²) in [6.45, 7) is 4.87. The van der Waals surface area contributed by atoms with Gasteiger partial charge in [-0.1, -0.05) is 30.8 Å². The van der Waals surface area contributed by atoms with Crippen molar-refractivity contribution in [2.24, 2.45) is 0 Å². The Balaban J connectivity index is 0.00000308. The summed E-state index contributed by atoms with van der Waals surface area (Å²) in [5, 5.41) is 2.33. The van der Waals surface area contributed by atoms with Gasteiger partial charge < -0.3 is 28.4 Å². The van der Waals surface area contributed by atoms with Crippen LogP contribution < -0.4 is 94.0 Å². The molecule has 43 heavy (non-hydrogen) atoms. The quantitative estimate of drug-likeness (QED) is 0.0297. The molecule has 1 N–H and O–H groups in total. The second kappa shape index (κ2) is 15.5. The third-order valence-electron chi connectivity index (χ3n) is 6.00. The van der Waals surface area contributed by atoms with Gasteiger partial charge >= 0.3 is 94.6 Å². The standard InChI is InChI=1S/C24H23NO12S3.3Na/c1-13(2)24(26)37-12-36-9-3-8-25-18-10-19(38(27,28)29)15-6-7-17-21(40(33,34)35)11-20(39(30,31)32)16-5-4-14(18)22(15)23(16)17;;;/h4-7,10-11,25H,1,3,8-9,12H2,2H3,(H,27,28,29)(H,30,31,32)(H,33,34,35);;;/q;3*+1/p-3. The molecule has 0 aromatic heterocycles. The van der Waals surface area contributed by atoms with Crippen LogP contribution >= 0.6 is 0 Å². The van der Waals surface area contributed by atoms with Crippen LogP contribution in [0.2, 0.25) is 0 Å². The van der Waals surface area contributed by atoms with Gasteiger partial charge in [0.05, 0.1) is 21.3 Å². The van der Waals surface area contributed by atoms with E-state index >= 15 is 0 Å². The van der Waals surface area contributed by atoms with Gasteiger partial charge in [-0.25, -0.2) is 30.0 Å². The average molecular weight is 680 g/mol. The van der Waals surface area contributed by atoms with Crippen LogP contribution in [0.5, 0.6) is 0 Å². The van der Waals surface area contributed by atoms with Crippen molar-refractivity contribution >= 4 is 74.3 Å². The van der Waals surface area contributed by atoms with Crippen LogP contribution in [-0.2, 0) is 44.6 Å². The molecular formula is C24H20NNa3O12S3. The topological polar surface area (TPSA) is 219 Å². The molecule has 0 saturated heterocycles. The minimum absolute atomic E-state index is 0. The zero-order valence-corrected chi connectivity index (χ0v) is 32.1. The number of hydrogen-bond acceptors (Lipinski definition) is 13. The van der Waals surface area contributed by atoms with Gasteiger partial charge in [0.2, 0.25) is 0 Å². The molecule has 0 spiro atoms. The van der Waals surface area contributed by atoms with Crippen LogP contribution in [0.4, 0.5) is 5.69 Å². The van der Waals surface area contributed by atoms with Crippen molar-refractivity contribution in [3.63, 3.8) is 0 Å². The monoisotopic (exact) mass is 679 g/mol. The van der Waals surface area contributed by atoms with Crippen molar-refractivity contribution in [2.45, 2.75) is 28.0 Å². The summed E-state index contributed by atoms with van der Waals surface area (Å²) in [6, 6.07) is 6.38. The summed E-state index contributed by atoms with van der Waals surface area (Å²) < 4.78 is 119. The minimum Gasteiger partial charge on any atom is -0.744 e. The molecule has 0 fully saturated rings. The molecule has 0 amide bonds. The van der Waals surface area contributed by atoms with E-state index < -0.39 is 51.0 Å². The molecule has 0 saturated carbocycles. The van der Waals surface area contributed by atoms with Crippen LogP contribution in [0, 0.1) is 0 Å². The Labute approximate surface area is 314 Å². The summed E-state index contributed by atoms with van der Waals surface area (Å²) in [6.07, 6.45) is 0.323. The summed E-state index contributed by atoms with van der Waals surface area (Å²) in [5.74, 6) is -0.626. The number of carbonyl (C=O) groups is 1. The van der Waals surface area contributed by atoms with E-state index in [0.717, 1.165) is 18.2 Å². The third kappa shape index (κ3) is 8.91. The Kier molecular flexibility index (Phi) is 14.6. The molecule has 0 unspecified atom stereocenters. The molecule has 0 radical (unpaired) electrons. The smallest absolute Gasteiger partial charge is 0.744 e. The molecule has 4 aromatic rings. The fourth-order valence-electron chi connectivity index (χ4n) is 4.34. The van der Waals surface area contributed by atoms with E-state index in [1.807, 2.05) is 0 Å². The predicted molar refractivity (Wildman–Crippen MR) is 139 cm³/mol. The van der Waals surface area contributed by atoms with E-state index in [1.54, 1.807) is 0 Å². The van der Waals surface area contributed by atoms with Gasteiger partial charge in [-0.2, -0.15) is 0 Å². The molecular weight excluding hydrogens is 659 g/mol. The minimum atomic E-state index is -5.29. The van der Waals surface area contributed by atoms with E-state index in [0.29, 0.717) is 12.5 Å². The Bertz CT molecular complexity index is 1960. The van der Waals surface area contributed by atoms with Crippen molar-refractivity contribution in [1.29, 1.82) is 0 Å². The zero-order chi connectivity index (χ0) is 29.6. The van der Waals surface area contributed by atoms with Gasteiger partial charge in [0.1, 0.15) is 30.4 Å². The van der Waals surface area contributed by atoms with Gasteiger partial charge in [0.25, 0.3) is 0 Å². The third-order valence-corrected chi connectivity index (χ3v) is 8.62. The van der Waals surface area contributed by atoms with Crippen LogP contribution in [0.1, 0.15) is 13.3 Å². The fraction of sp³-hybridized carbons (Fsp3) is 0.208. The maximum Gasteiger partial charge on any atom is 1.00 e. The number of hydrogen-bond donors (Lipinski definition) is 1. The molecule has 0 bridgehead atoms. The van der Waals surface area contributed by atoms with Crippen LogP contribution in [-0.4, -0.2) is 64.8 Å². The fourth-order valence-corrected chi connectivity index (χ4v) is 6.52. The van der Waals surface area contributed by atoms with E-state index in [1.165, 1.54) is 19.1 Å². The number of ether oxygens (including phenoxy) is 2. The largest absolute Gasteiger partial charge is 1.00 e. The second-order valence-corrected chi connectivity index (χ2v) is 12.8. The van der Waals surface area contributed by atoms with Crippen molar-refractivity contribution in [3.8, 4) is 0 Å². The van der Waals surface area contributed by atoms with Gasteiger partial charge in [0.15, 0.2) is 6.79 Å². The van der Waals surface area contributed by atoms with Crippen LogP contribution in [0.15, 0.2) is 63.2 Å². The number of esters is 1. The molecule has 0 aliphatic heterocycles. The van der Waals surface area contributed by atoms with E-state index in [-0.39, 0.29) is 152 Å². The summed E-state index contributed by atoms with van der Waals surface area (Å²) >= 11 is 0. The van der Waals surface area contributed by atoms with Gasteiger partial charge in [-0.05, 0) is 30.9 Å². The van der Waals surface area contributed by atoms with Crippen molar-refractivity contribution in [1.82, 2.24) is 0 Å². The maximum atomic E-state index is 12.2. The predicted octanol–water partition coefficient (Wildman–Crippen LogP) is -6.80. The van der Waals surface area contributed by atoms with Crippen LogP contribution in [0.25, 0.3) is 32.3 Å². The SMILES string of the molecule is C=C(C)C(=O)OCOCCCNc1cc(S(=O)(=O)[O-])c2ccc3c(S(=O)(=O)[O-])cc(S(=O)(=O)[O-])c4ccc1c2c43.[Na+].[Na+].[Na+]. The summed E-state index contributed by atoms with van der Waals surface area (Å²) in [4.78, 5) is 8.69. The van der Waals surface area contributed by atoms with Gasteiger partial charge in [0, 0.05) is 44.7 Å². The first-order valence-electron chi connectivity index (χ1n) is 11.3. The molecule has 0 aliphatic carbocycles. The first kappa shape index (κ1) is 40.6.